The van der Waals surface area contributed by atoms with Gasteiger partial charge in [-0.25, -0.2) is 4.79 Å². The van der Waals surface area contributed by atoms with Gasteiger partial charge in [0.25, 0.3) is 0 Å². The van der Waals surface area contributed by atoms with Crippen LogP contribution in [0.2, 0.25) is 0 Å². The smallest absolute Gasteiger partial charge is 0.312 e. The van der Waals surface area contributed by atoms with Crippen molar-refractivity contribution >= 4 is 6.03 Å². The van der Waals surface area contributed by atoms with E-state index in [1.165, 1.54) is 5.56 Å². The first-order valence-corrected chi connectivity index (χ1v) is 4.82. The lowest BCUT2D eigenvalue weighted by Gasteiger charge is -2.15. The molecule has 1 aromatic rings. The summed E-state index contributed by atoms with van der Waals surface area (Å²) < 4.78 is 0. The van der Waals surface area contributed by atoms with Crippen LogP contribution in [0.5, 0.6) is 0 Å². The molecule has 0 fully saturated rings. The Morgan fingerprint density at radius 1 is 1.43 bits per heavy atom. The minimum absolute atomic E-state index is 0.134. The second kappa shape index (κ2) is 5.27. The fourth-order valence-electron chi connectivity index (χ4n) is 1.40. The normalized spacial score (nSPS) is 12.1. The SMILES string of the molecule is CC[C@H](Cc1ccccc1)NC(N)=O. The molecule has 0 aromatic heterocycles. The van der Waals surface area contributed by atoms with Gasteiger partial charge in [-0.05, 0) is 18.4 Å². The Bertz CT molecular complexity index is 285. The van der Waals surface area contributed by atoms with Gasteiger partial charge in [0.1, 0.15) is 0 Å². The first-order chi connectivity index (χ1) is 6.72. The summed E-state index contributed by atoms with van der Waals surface area (Å²) >= 11 is 0. The summed E-state index contributed by atoms with van der Waals surface area (Å²) in [5.41, 5.74) is 6.29. The van der Waals surface area contributed by atoms with Crippen LogP contribution in [-0.4, -0.2) is 12.1 Å². The van der Waals surface area contributed by atoms with Crippen molar-refractivity contribution in [3.8, 4) is 0 Å². The number of carbonyl (C=O) groups is 1. The number of rotatable bonds is 4. The van der Waals surface area contributed by atoms with Gasteiger partial charge in [0.2, 0.25) is 0 Å². The number of urea groups is 1. The summed E-state index contributed by atoms with van der Waals surface area (Å²) in [5, 5.41) is 2.72. The van der Waals surface area contributed by atoms with Crippen LogP contribution in [0.3, 0.4) is 0 Å². The molecule has 3 N–H and O–H groups in total. The van der Waals surface area contributed by atoms with Crippen LogP contribution in [0.15, 0.2) is 30.3 Å². The largest absolute Gasteiger partial charge is 0.352 e. The standard InChI is InChI=1S/C11H16N2O/c1-2-10(13-11(12)14)8-9-6-4-3-5-7-9/h3-7,10H,2,8H2,1H3,(H3,12,13,14)/t10-/m1/s1. The van der Waals surface area contributed by atoms with E-state index in [-0.39, 0.29) is 6.04 Å². The van der Waals surface area contributed by atoms with Crippen molar-refractivity contribution in [1.82, 2.24) is 5.32 Å². The Hall–Kier alpha value is -1.51. The van der Waals surface area contributed by atoms with E-state index in [0.717, 1.165) is 12.8 Å². The van der Waals surface area contributed by atoms with Gasteiger partial charge in [0.05, 0.1) is 0 Å². The Labute approximate surface area is 84.3 Å². The van der Waals surface area contributed by atoms with E-state index in [4.69, 9.17) is 5.73 Å². The molecule has 2 amide bonds. The highest BCUT2D eigenvalue weighted by Gasteiger charge is 2.07. The lowest BCUT2D eigenvalue weighted by molar-refractivity contribution is 0.244. The first-order valence-electron chi connectivity index (χ1n) is 4.82. The van der Waals surface area contributed by atoms with Gasteiger partial charge in [-0.1, -0.05) is 37.3 Å². The summed E-state index contributed by atoms with van der Waals surface area (Å²) in [7, 11) is 0. The van der Waals surface area contributed by atoms with Gasteiger partial charge in [-0.15, -0.1) is 0 Å². The van der Waals surface area contributed by atoms with Crippen molar-refractivity contribution in [3.05, 3.63) is 35.9 Å². The molecule has 3 heteroatoms. The van der Waals surface area contributed by atoms with Crippen LogP contribution in [0.4, 0.5) is 4.79 Å². The number of hydrogen-bond donors (Lipinski definition) is 2. The van der Waals surface area contributed by atoms with Gasteiger partial charge < -0.3 is 11.1 Å². The molecule has 1 rings (SSSR count). The lowest BCUT2D eigenvalue weighted by Crippen LogP contribution is -2.39. The van der Waals surface area contributed by atoms with E-state index in [1.54, 1.807) is 0 Å². The van der Waals surface area contributed by atoms with E-state index in [1.807, 2.05) is 37.3 Å². The van der Waals surface area contributed by atoms with Crippen LogP contribution in [0.25, 0.3) is 0 Å². The van der Waals surface area contributed by atoms with Crippen molar-refractivity contribution in [3.63, 3.8) is 0 Å². The topological polar surface area (TPSA) is 55.1 Å². The van der Waals surface area contributed by atoms with Crippen molar-refractivity contribution < 1.29 is 4.79 Å². The van der Waals surface area contributed by atoms with Crippen LogP contribution in [0.1, 0.15) is 18.9 Å². The minimum Gasteiger partial charge on any atom is -0.352 e. The summed E-state index contributed by atoms with van der Waals surface area (Å²) in [4.78, 5) is 10.7. The molecular formula is C11H16N2O. The van der Waals surface area contributed by atoms with Crippen molar-refractivity contribution in [2.75, 3.05) is 0 Å². The first kappa shape index (κ1) is 10.6. The molecule has 0 aliphatic rings. The van der Waals surface area contributed by atoms with Crippen molar-refractivity contribution in [1.29, 1.82) is 0 Å². The van der Waals surface area contributed by atoms with Crippen molar-refractivity contribution in [2.45, 2.75) is 25.8 Å². The highest BCUT2D eigenvalue weighted by molar-refractivity contribution is 5.71. The van der Waals surface area contributed by atoms with Crippen molar-refractivity contribution in [2.24, 2.45) is 5.73 Å². The van der Waals surface area contributed by atoms with Gasteiger partial charge in [0, 0.05) is 6.04 Å². The van der Waals surface area contributed by atoms with E-state index in [9.17, 15) is 4.79 Å². The third-order valence-corrected chi connectivity index (χ3v) is 2.16. The summed E-state index contributed by atoms with van der Waals surface area (Å²) in [5.74, 6) is 0. The van der Waals surface area contributed by atoms with Gasteiger partial charge in [0.15, 0.2) is 0 Å². The number of benzene rings is 1. The zero-order chi connectivity index (χ0) is 10.4. The minimum atomic E-state index is -0.451. The molecular weight excluding hydrogens is 176 g/mol. The molecule has 1 atom stereocenters. The predicted octanol–water partition coefficient (Wildman–Crippen LogP) is 1.68. The van der Waals surface area contributed by atoms with Gasteiger partial charge in [-0.2, -0.15) is 0 Å². The maximum atomic E-state index is 10.7. The second-order valence-electron chi connectivity index (χ2n) is 3.30. The Morgan fingerprint density at radius 2 is 2.07 bits per heavy atom. The van der Waals surface area contributed by atoms with E-state index in [2.05, 4.69) is 5.32 Å². The third-order valence-electron chi connectivity index (χ3n) is 2.16. The maximum absolute atomic E-state index is 10.7. The number of nitrogens with two attached hydrogens (primary N) is 1. The molecule has 0 radical (unpaired) electrons. The highest BCUT2D eigenvalue weighted by Crippen LogP contribution is 2.05. The fraction of sp³-hybridized carbons (Fsp3) is 0.364. The Kier molecular flexibility index (Phi) is 3.98. The molecule has 1 aromatic carbocycles. The molecule has 0 saturated carbocycles. The monoisotopic (exact) mass is 192 g/mol. The zero-order valence-corrected chi connectivity index (χ0v) is 8.36. The molecule has 76 valence electrons. The van der Waals surface area contributed by atoms with E-state index in [0.29, 0.717) is 0 Å². The molecule has 0 heterocycles. The number of amides is 2. The molecule has 0 aliphatic heterocycles. The molecule has 0 saturated heterocycles. The molecule has 3 nitrogen and oxygen atoms in total. The van der Waals surface area contributed by atoms with E-state index < -0.39 is 6.03 Å². The highest BCUT2D eigenvalue weighted by atomic mass is 16.2. The molecule has 0 spiro atoms. The Balaban J connectivity index is 2.53. The summed E-state index contributed by atoms with van der Waals surface area (Å²) in [6.07, 6.45) is 1.72. The van der Waals surface area contributed by atoms with Gasteiger partial charge in [-0.3, -0.25) is 0 Å². The van der Waals surface area contributed by atoms with E-state index >= 15 is 0 Å². The number of carbonyl (C=O) groups excluding carboxylic acids is 1. The number of hydrogen-bond acceptors (Lipinski definition) is 1. The molecule has 14 heavy (non-hydrogen) atoms. The quantitative estimate of drug-likeness (QED) is 0.749. The Morgan fingerprint density at radius 3 is 2.57 bits per heavy atom. The second-order valence-corrected chi connectivity index (χ2v) is 3.30. The number of primary amides is 1. The zero-order valence-electron chi connectivity index (χ0n) is 8.36. The molecule has 0 aliphatic carbocycles. The third kappa shape index (κ3) is 3.47. The maximum Gasteiger partial charge on any atom is 0.312 e. The molecule has 0 unspecified atom stereocenters. The predicted molar refractivity (Wildman–Crippen MR) is 56.9 cm³/mol. The van der Waals surface area contributed by atoms with Gasteiger partial charge >= 0.3 is 6.03 Å². The average molecular weight is 192 g/mol. The van der Waals surface area contributed by atoms with Crippen LogP contribution in [0, 0.1) is 0 Å². The average Bonchev–Trinajstić information content (AvgIpc) is 2.17. The molecule has 0 bridgehead atoms. The van der Waals surface area contributed by atoms with Crippen LogP contribution in [-0.2, 0) is 6.42 Å². The lowest BCUT2D eigenvalue weighted by atomic mass is 10.0. The summed E-state index contributed by atoms with van der Waals surface area (Å²) in [6, 6.07) is 9.74. The van der Waals surface area contributed by atoms with Crippen LogP contribution >= 0.6 is 0 Å². The fourth-order valence-corrected chi connectivity index (χ4v) is 1.40. The number of nitrogens with one attached hydrogen (secondary N) is 1. The van der Waals surface area contributed by atoms with Crippen LogP contribution < -0.4 is 11.1 Å². The summed E-state index contributed by atoms with van der Waals surface area (Å²) in [6.45, 7) is 2.03.